The van der Waals surface area contributed by atoms with Crippen molar-refractivity contribution in [3.63, 3.8) is 0 Å². The highest BCUT2D eigenvalue weighted by atomic mass is 16.2. The number of amides is 1. The molecule has 4 nitrogen and oxygen atoms in total. The van der Waals surface area contributed by atoms with Crippen LogP contribution >= 0.6 is 0 Å². The zero-order valence-corrected chi connectivity index (χ0v) is 10.6. The molecule has 0 radical (unpaired) electrons. The van der Waals surface area contributed by atoms with Crippen LogP contribution in [0, 0.1) is 11.3 Å². The van der Waals surface area contributed by atoms with Gasteiger partial charge in [-0.25, -0.2) is 4.98 Å². The largest absolute Gasteiger partial charge is 0.335 e. The summed E-state index contributed by atoms with van der Waals surface area (Å²) in [5.74, 6) is -0.0195. The average Bonchev–Trinajstić information content (AvgIpc) is 2.93. The predicted octanol–water partition coefficient (Wildman–Crippen LogP) is 2.36. The van der Waals surface area contributed by atoms with Crippen LogP contribution in [0.1, 0.15) is 48.7 Å². The molecule has 0 N–H and O–H groups in total. The molecule has 1 amide bonds. The predicted molar refractivity (Wildman–Crippen MR) is 67.9 cm³/mol. The van der Waals surface area contributed by atoms with Gasteiger partial charge < -0.3 is 4.90 Å². The second kappa shape index (κ2) is 5.63. The van der Waals surface area contributed by atoms with E-state index in [2.05, 4.69) is 4.98 Å². The lowest BCUT2D eigenvalue weighted by Gasteiger charge is -2.27. The molecule has 0 bridgehead atoms. The third kappa shape index (κ3) is 2.51. The van der Waals surface area contributed by atoms with Gasteiger partial charge in [-0.3, -0.25) is 4.79 Å². The Kier molecular flexibility index (Phi) is 3.93. The molecule has 94 valence electrons. The summed E-state index contributed by atoms with van der Waals surface area (Å²) in [5.41, 5.74) is 0.915. The van der Waals surface area contributed by atoms with Gasteiger partial charge in [0.25, 0.3) is 5.91 Å². The van der Waals surface area contributed by atoms with Crippen LogP contribution in [0.3, 0.4) is 0 Å². The Bertz CT molecular complexity index is 455. The van der Waals surface area contributed by atoms with Crippen LogP contribution in [0.4, 0.5) is 0 Å². The molecular formula is C14H17N3O. The van der Waals surface area contributed by atoms with Crippen LogP contribution in [-0.2, 0) is 0 Å². The highest BCUT2D eigenvalue weighted by Gasteiger charge is 2.26. The molecular weight excluding hydrogens is 226 g/mol. The Hall–Kier alpha value is -1.89. The molecule has 2 rings (SSSR count). The molecule has 1 heterocycles. The van der Waals surface area contributed by atoms with E-state index in [0.717, 1.165) is 12.8 Å². The molecule has 1 fully saturated rings. The van der Waals surface area contributed by atoms with E-state index in [1.165, 1.54) is 19.0 Å². The van der Waals surface area contributed by atoms with Crippen LogP contribution < -0.4 is 0 Å². The second-order valence-electron chi connectivity index (χ2n) is 4.57. The molecule has 0 unspecified atom stereocenters. The molecule has 0 aliphatic heterocycles. The van der Waals surface area contributed by atoms with Gasteiger partial charge in [0, 0.05) is 18.8 Å². The molecule has 1 aliphatic carbocycles. The summed E-state index contributed by atoms with van der Waals surface area (Å²) in [6.45, 7) is 2.71. The summed E-state index contributed by atoms with van der Waals surface area (Å²) in [6, 6.07) is 5.64. The molecule has 1 aliphatic rings. The molecule has 0 atom stereocenters. The zero-order chi connectivity index (χ0) is 13.0. The third-order valence-corrected chi connectivity index (χ3v) is 3.48. The van der Waals surface area contributed by atoms with E-state index in [0.29, 0.717) is 23.8 Å². The fourth-order valence-corrected chi connectivity index (χ4v) is 2.52. The van der Waals surface area contributed by atoms with Crippen molar-refractivity contribution in [2.24, 2.45) is 0 Å². The molecule has 1 aromatic rings. The van der Waals surface area contributed by atoms with Crippen molar-refractivity contribution in [2.75, 3.05) is 6.54 Å². The Labute approximate surface area is 107 Å². The maximum Gasteiger partial charge on any atom is 0.272 e. The fraction of sp³-hybridized carbons (Fsp3) is 0.500. The van der Waals surface area contributed by atoms with Gasteiger partial charge in [0.1, 0.15) is 11.8 Å². The lowest BCUT2D eigenvalue weighted by Crippen LogP contribution is -2.39. The van der Waals surface area contributed by atoms with Crippen molar-refractivity contribution in [3.05, 3.63) is 29.6 Å². The third-order valence-electron chi connectivity index (χ3n) is 3.48. The van der Waals surface area contributed by atoms with E-state index in [-0.39, 0.29) is 5.91 Å². The van der Waals surface area contributed by atoms with Gasteiger partial charge in [-0.1, -0.05) is 12.8 Å². The highest BCUT2D eigenvalue weighted by Crippen LogP contribution is 2.24. The standard InChI is InChI=1S/C14H17N3O/c1-2-17(12-5-3-4-6-12)14(18)13-8-7-11(9-15)10-16-13/h7-8,10,12H,2-6H2,1H3. The summed E-state index contributed by atoms with van der Waals surface area (Å²) in [5, 5.41) is 8.71. The minimum Gasteiger partial charge on any atom is -0.335 e. The molecule has 0 spiro atoms. The Morgan fingerprint density at radius 1 is 1.50 bits per heavy atom. The van der Waals surface area contributed by atoms with E-state index >= 15 is 0 Å². The lowest BCUT2D eigenvalue weighted by atomic mass is 10.2. The summed E-state index contributed by atoms with van der Waals surface area (Å²) < 4.78 is 0. The molecule has 18 heavy (non-hydrogen) atoms. The molecule has 4 heteroatoms. The van der Waals surface area contributed by atoms with Crippen molar-refractivity contribution < 1.29 is 4.79 Å². The minimum absolute atomic E-state index is 0.0195. The van der Waals surface area contributed by atoms with Crippen molar-refractivity contribution >= 4 is 5.91 Å². The number of hydrogen-bond acceptors (Lipinski definition) is 3. The number of aromatic nitrogens is 1. The molecule has 0 aromatic carbocycles. The summed E-state index contributed by atoms with van der Waals surface area (Å²) >= 11 is 0. The minimum atomic E-state index is -0.0195. The fourth-order valence-electron chi connectivity index (χ4n) is 2.52. The molecule has 0 saturated heterocycles. The Morgan fingerprint density at radius 2 is 2.22 bits per heavy atom. The van der Waals surface area contributed by atoms with Gasteiger partial charge in [-0.05, 0) is 31.9 Å². The maximum atomic E-state index is 12.3. The SMILES string of the molecule is CCN(C(=O)c1ccc(C#N)cn1)C1CCCC1. The Balaban J connectivity index is 2.15. The summed E-state index contributed by atoms with van der Waals surface area (Å²) in [4.78, 5) is 18.3. The first-order chi connectivity index (χ1) is 8.76. The Morgan fingerprint density at radius 3 is 2.72 bits per heavy atom. The van der Waals surface area contributed by atoms with Crippen LogP contribution in [0.2, 0.25) is 0 Å². The average molecular weight is 243 g/mol. The van der Waals surface area contributed by atoms with Gasteiger partial charge >= 0.3 is 0 Å². The van der Waals surface area contributed by atoms with Crippen molar-refractivity contribution in [2.45, 2.75) is 38.6 Å². The molecule has 1 aromatic heterocycles. The van der Waals surface area contributed by atoms with Crippen LogP contribution in [-0.4, -0.2) is 28.4 Å². The number of hydrogen-bond donors (Lipinski definition) is 0. The smallest absolute Gasteiger partial charge is 0.272 e. The first kappa shape index (κ1) is 12.6. The van der Waals surface area contributed by atoms with Crippen LogP contribution in [0.15, 0.2) is 18.3 Å². The van der Waals surface area contributed by atoms with E-state index in [1.807, 2.05) is 17.9 Å². The zero-order valence-electron chi connectivity index (χ0n) is 10.6. The molecule has 1 saturated carbocycles. The first-order valence-electron chi connectivity index (χ1n) is 6.43. The quantitative estimate of drug-likeness (QED) is 0.818. The topological polar surface area (TPSA) is 57.0 Å². The van der Waals surface area contributed by atoms with Gasteiger partial charge in [0.2, 0.25) is 0 Å². The number of nitriles is 1. The number of rotatable bonds is 3. The summed E-state index contributed by atoms with van der Waals surface area (Å²) in [7, 11) is 0. The lowest BCUT2D eigenvalue weighted by molar-refractivity contribution is 0.0687. The summed E-state index contributed by atoms with van der Waals surface area (Å²) in [6.07, 6.45) is 6.05. The van der Waals surface area contributed by atoms with E-state index < -0.39 is 0 Å². The van der Waals surface area contributed by atoms with Gasteiger partial charge in [0.15, 0.2) is 0 Å². The maximum absolute atomic E-state index is 12.3. The van der Waals surface area contributed by atoms with Gasteiger partial charge in [-0.15, -0.1) is 0 Å². The van der Waals surface area contributed by atoms with Crippen LogP contribution in [0.25, 0.3) is 0 Å². The number of carbonyl (C=O) groups excluding carboxylic acids is 1. The van der Waals surface area contributed by atoms with Crippen molar-refractivity contribution in [3.8, 4) is 6.07 Å². The second-order valence-corrected chi connectivity index (χ2v) is 4.57. The monoisotopic (exact) mass is 243 g/mol. The van der Waals surface area contributed by atoms with E-state index in [9.17, 15) is 4.79 Å². The number of pyridine rings is 1. The van der Waals surface area contributed by atoms with E-state index in [4.69, 9.17) is 5.26 Å². The van der Waals surface area contributed by atoms with Crippen molar-refractivity contribution in [1.82, 2.24) is 9.88 Å². The first-order valence-corrected chi connectivity index (χ1v) is 6.43. The van der Waals surface area contributed by atoms with Crippen LogP contribution in [0.5, 0.6) is 0 Å². The normalized spacial score (nSPS) is 15.3. The van der Waals surface area contributed by atoms with Gasteiger partial charge in [-0.2, -0.15) is 5.26 Å². The number of carbonyl (C=O) groups is 1. The van der Waals surface area contributed by atoms with Crippen molar-refractivity contribution in [1.29, 1.82) is 5.26 Å². The number of nitrogens with zero attached hydrogens (tertiary/aromatic N) is 3. The highest BCUT2D eigenvalue weighted by molar-refractivity contribution is 5.92. The van der Waals surface area contributed by atoms with Gasteiger partial charge in [0.05, 0.1) is 5.56 Å². The van der Waals surface area contributed by atoms with E-state index in [1.54, 1.807) is 12.1 Å².